The van der Waals surface area contributed by atoms with E-state index in [1.165, 1.54) is 19.2 Å². The second-order valence-electron chi connectivity index (χ2n) is 5.14. The fourth-order valence-corrected chi connectivity index (χ4v) is 3.25. The van der Waals surface area contributed by atoms with Crippen LogP contribution < -0.4 is 0 Å². The summed E-state index contributed by atoms with van der Waals surface area (Å²) < 4.78 is 33.6. The maximum atomic E-state index is 12.2. The van der Waals surface area contributed by atoms with Crippen LogP contribution in [0.2, 0.25) is 0 Å². The molecular weight excluding hydrogens is 362 g/mol. The zero-order valence-corrected chi connectivity index (χ0v) is 15.6. The lowest BCUT2D eigenvalue weighted by atomic mass is 10.2. The van der Waals surface area contributed by atoms with Gasteiger partial charge in [-0.05, 0) is 38.1 Å². The summed E-state index contributed by atoms with van der Waals surface area (Å²) in [4.78, 5) is 12.5. The van der Waals surface area contributed by atoms with Gasteiger partial charge in [-0.15, -0.1) is 0 Å². The van der Waals surface area contributed by atoms with Crippen LogP contribution in [0.25, 0.3) is 0 Å². The molecule has 0 saturated carbocycles. The summed E-state index contributed by atoms with van der Waals surface area (Å²) in [6, 6.07) is 13.4. The highest BCUT2D eigenvalue weighted by atomic mass is 32.2. The SMILES string of the molecule is COC(=O)C(=NOS(=O)(=O)c1ccc(C)cc1)Sc1ccc(C)cc1. The number of rotatable bonds is 4. The third kappa shape index (κ3) is 5.33. The summed E-state index contributed by atoms with van der Waals surface area (Å²) in [7, 11) is -2.94. The molecule has 0 heterocycles. The molecule has 132 valence electrons. The third-order valence-electron chi connectivity index (χ3n) is 3.12. The molecule has 0 amide bonds. The van der Waals surface area contributed by atoms with E-state index in [1.807, 2.05) is 26.0 Å². The Morgan fingerprint density at radius 2 is 1.48 bits per heavy atom. The van der Waals surface area contributed by atoms with Gasteiger partial charge < -0.3 is 4.74 Å². The van der Waals surface area contributed by atoms with E-state index < -0.39 is 16.1 Å². The molecule has 2 aromatic rings. The standard InChI is InChI=1S/C17H17NO5S2/c1-12-4-8-14(9-5-12)24-16(17(19)22-3)18-23-25(20,21)15-10-6-13(2)7-11-15/h4-11H,1-3H3. The topological polar surface area (TPSA) is 82.0 Å². The highest BCUT2D eigenvalue weighted by Crippen LogP contribution is 2.22. The van der Waals surface area contributed by atoms with Gasteiger partial charge in [0.2, 0.25) is 5.04 Å². The van der Waals surface area contributed by atoms with Gasteiger partial charge in [0, 0.05) is 4.90 Å². The largest absolute Gasteiger partial charge is 0.464 e. The average Bonchev–Trinajstić information content (AvgIpc) is 2.60. The zero-order chi connectivity index (χ0) is 18.4. The van der Waals surface area contributed by atoms with Crippen LogP contribution >= 0.6 is 11.8 Å². The van der Waals surface area contributed by atoms with Crippen molar-refractivity contribution in [1.82, 2.24) is 0 Å². The monoisotopic (exact) mass is 379 g/mol. The first kappa shape index (κ1) is 19.0. The first-order valence-electron chi connectivity index (χ1n) is 7.23. The predicted octanol–water partition coefficient (Wildman–Crippen LogP) is 3.29. The fourth-order valence-electron chi connectivity index (χ4n) is 1.73. The Labute approximate surface area is 151 Å². The fraction of sp³-hybridized carbons (Fsp3) is 0.176. The number of methoxy groups -OCH3 is 1. The van der Waals surface area contributed by atoms with E-state index in [4.69, 9.17) is 0 Å². The normalized spacial score (nSPS) is 11.9. The maximum absolute atomic E-state index is 12.2. The number of aryl methyl sites for hydroxylation is 2. The number of thioether (sulfide) groups is 1. The minimum atomic E-state index is -4.12. The van der Waals surface area contributed by atoms with Crippen molar-refractivity contribution in [1.29, 1.82) is 0 Å². The number of carbonyl (C=O) groups is 1. The van der Waals surface area contributed by atoms with Gasteiger partial charge in [-0.1, -0.05) is 52.3 Å². The molecule has 0 radical (unpaired) electrons. The summed E-state index contributed by atoms with van der Waals surface area (Å²) in [5.74, 6) is -0.787. The highest BCUT2D eigenvalue weighted by Gasteiger charge is 2.20. The van der Waals surface area contributed by atoms with E-state index in [2.05, 4.69) is 14.2 Å². The number of nitrogens with zero attached hydrogens (tertiary/aromatic N) is 1. The van der Waals surface area contributed by atoms with Crippen LogP contribution in [0.4, 0.5) is 0 Å². The van der Waals surface area contributed by atoms with Crippen molar-refractivity contribution in [3.05, 3.63) is 59.7 Å². The molecule has 0 fully saturated rings. The number of oxime groups is 1. The third-order valence-corrected chi connectivity index (χ3v) is 5.19. The summed E-state index contributed by atoms with van der Waals surface area (Å²) in [6.45, 7) is 3.77. The molecule has 8 heteroatoms. The van der Waals surface area contributed by atoms with E-state index in [1.54, 1.807) is 24.3 Å². The van der Waals surface area contributed by atoms with Crippen molar-refractivity contribution in [2.75, 3.05) is 7.11 Å². The molecule has 0 spiro atoms. The van der Waals surface area contributed by atoms with Gasteiger partial charge in [0.25, 0.3) is 0 Å². The quantitative estimate of drug-likeness (QED) is 0.267. The van der Waals surface area contributed by atoms with Gasteiger partial charge in [-0.3, -0.25) is 4.28 Å². The molecule has 0 unspecified atom stereocenters. The lowest BCUT2D eigenvalue weighted by Crippen LogP contribution is -2.14. The van der Waals surface area contributed by atoms with Gasteiger partial charge in [0.15, 0.2) is 0 Å². The zero-order valence-electron chi connectivity index (χ0n) is 13.9. The molecule has 6 nitrogen and oxygen atoms in total. The smallest absolute Gasteiger partial charge is 0.367 e. The van der Waals surface area contributed by atoms with Crippen molar-refractivity contribution in [3.63, 3.8) is 0 Å². The van der Waals surface area contributed by atoms with Crippen molar-refractivity contribution in [2.45, 2.75) is 23.6 Å². The van der Waals surface area contributed by atoms with Crippen LogP contribution in [-0.4, -0.2) is 26.5 Å². The second kappa shape index (κ2) is 8.17. The average molecular weight is 379 g/mol. The molecular formula is C17H17NO5S2. The van der Waals surface area contributed by atoms with E-state index >= 15 is 0 Å². The number of hydrogen-bond acceptors (Lipinski definition) is 7. The number of ether oxygens (including phenoxy) is 1. The molecule has 0 atom stereocenters. The van der Waals surface area contributed by atoms with Gasteiger partial charge in [0.1, 0.15) is 4.90 Å². The summed E-state index contributed by atoms with van der Waals surface area (Å²) in [6.07, 6.45) is 0. The summed E-state index contributed by atoms with van der Waals surface area (Å²) in [5.41, 5.74) is 1.96. The lowest BCUT2D eigenvalue weighted by molar-refractivity contribution is -0.132. The molecule has 0 aliphatic heterocycles. The molecule has 25 heavy (non-hydrogen) atoms. The van der Waals surface area contributed by atoms with Gasteiger partial charge in [-0.25, -0.2) is 4.79 Å². The van der Waals surface area contributed by atoms with Crippen molar-refractivity contribution in [2.24, 2.45) is 5.16 Å². The number of hydrogen-bond donors (Lipinski definition) is 0. The van der Waals surface area contributed by atoms with E-state index in [-0.39, 0.29) is 9.94 Å². The summed E-state index contributed by atoms with van der Waals surface area (Å²) >= 11 is 0.954. The first-order chi connectivity index (χ1) is 11.8. The first-order valence-corrected chi connectivity index (χ1v) is 9.45. The Morgan fingerprint density at radius 1 is 0.960 bits per heavy atom. The molecule has 2 aromatic carbocycles. The lowest BCUT2D eigenvalue weighted by Gasteiger charge is -2.06. The minimum absolute atomic E-state index is 0.0496. The van der Waals surface area contributed by atoms with Crippen LogP contribution in [-0.2, 0) is 23.9 Å². The van der Waals surface area contributed by atoms with Crippen LogP contribution in [0.1, 0.15) is 11.1 Å². The second-order valence-corrected chi connectivity index (χ2v) is 7.74. The van der Waals surface area contributed by atoms with Crippen molar-refractivity contribution in [3.8, 4) is 0 Å². The molecule has 2 rings (SSSR count). The minimum Gasteiger partial charge on any atom is -0.464 e. The molecule has 0 aliphatic carbocycles. The van der Waals surface area contributed by atoms with E-state index in [0.717, 1.165) is 22.9 Å². The predicted molar refractivity (Wildman–Crippen MR) is 95.9 cm³/mol. The molecule has 0 saturated heterocycles. The van der Waals surface area contributed by atoms with E-state index in [0.29, 0.717) is 4.90 Å². The van der Waals surface area contributed by atoms with E-state index in [9.17, 15) is 13.2 Å². The highest BCUT2D eigenvalue weighted by molar-refractivity contribution is 8.15. The molecule has 0 aliphatic rings. The Bertz CT molecular complexity index is 872. The van der Waals surface area contributed by atoms with Crippen molar-refractivity contribution < 1.29 is 22.2 Å². The van der Waals surface area contributed by atoms with Gasteiger partial charge >= 0.3 is 16.1 Å². The van der Waals surface area contributed by atoms with Crippen molar-refractivity contribution >= 4 is 32.9 Å². The summed E-state index contributed by atoms with van der Waals surface area (Å²) in [5, 5.41) is 3.28. The number of esters is 1. The Hall–Kier alpha value is -2.32. The Kier molecular flexibility index (Phi) is 6.22. The van der Waals surface area contributed by atoms with Crippen LogP contribution in [0.5, 0.6) is 0 Å². The Balaban J connectivity index is 2.23. The number of benzene rings is 2. The van der Waals surface area contributed by atoms with Crippen LogP contribution in [0.3, 0.4) is 0 Å². The Morgan fingerprint density at radius 3 is 2.00 bits per heavy atom. The van der Waals surface area contributed by atoms with Crippen LogP contribution in [0, 0.1) is 13.8 Å². The maximum Gasteiger partial charge on any atom is 0.367 e. The van der Waals surface area contributed by atoms with Gasteiger partial charge in [0.05, 0.1) is 7.11 Å². The molecule has 0 bridgehead atoms. The van der Waals surface area contributed by atoms with Crippen LogP contribution in [0.15, 0.2) is 63.5 Å². The number of carbonyl (C=O) groups excluding carboxylic acids is 1. The molecule has 0 N–H and O–H groups in total. The van der Waals surface area contributed by atoms with Gasteiger partial charge in [-0.2, -0.15) is 8.42 Å². The molecule has 0 aromatic heterocycles.